The summed E-state index contributed by atoms with van der Waals surface area (Å²) in [4.78, 5) is 5.92. The molecule has 11 heteroatoms. The molecular formula is C34H36F2N4O3SSi. The van der Waals surface area contributed by atoms with Crippen molar-refractivity contribution in [2.24, 2.45) is 5.16 Å². The summed E-state index contributed by atoms with van der Waals surface area (Å²) in [7, 11) is -3.07. The van der Waals surface area contributed by atoms with Gasteiger partial charge in [0.2, 0.25) is 0 Å². The van der Waals surface area contributed by atoms with Crippen LogP contribution in [0.25, 0.3) is 0 Å². The predicted octanol–water partition coefficient (Wildman–Crippen LogP) is 6.21. The molecule has 7 nitrogen and oxygen atoms in total. The molecule has 0 amide bonds. The average molecular weight is 647 g/mol. The van der Waals surface area contributed by atoms with E-state index in [0.29, 0.717) is 18.7 Å². The highest BCUT2D eigenvalue weighted by Crippen LogP contribution is 2.39. The van der Waals surface area contributed by atoms with Gasteiger partial charge in [-0.05, 0) is 35.3 Å². The molecule has 0 aliphatic carbocycles. The van der Waals surface area contributed by atoms with Gasteiger partial charge in [0, 0.05) is 24.2 Å². The number of nitriles is 1. The van der Waals surface area contributed by atoms with Gasteiger partial charge >= 0.3 is 0 Å². The van der Waals surface area contributed by atoms with Crippen LogP contribution in [0.5, 0.6) is 0 Å². The topological polar surface area (TPSA) is 91.0 Å². The van der Waals surface area contributed by atoms with Crippen molar-refractivity contribution >= 4 is 41.4 Å². The summed E-state index contributed by atoms with van der Waals surface area (Å²) >= 11 is 1.01. The van der Waals surface area contributed by atoms with Gasteiger partial charge in [-0.3, -0.25) is 0 Å². The number of rotatable bonds is 8. The van der Waals surface area contributed by atoms with Crippen molar-refractivity contribution < 1.29 is 23.2 Å². The van der Waals surface area contributed by atoms with Crippen LogP contribution >= 0.6 is 11.3 Å². The summed E-state index contributed by atoms with van der Waals surface area (Å²) in [6.45, 7) is 10.9. The van der Waals surface area contributed by atoms with Crippen LogP contribution in [0.3, 0.4) is 0 Å². The molecule has 1 aromatic heterocycles. The highest BCUT2D eigenvalue weighted by atomic mass is 32.1. The fraction of sp³-hybridized carbons (Fsp3) is 0.324. The van der Waals surface area contributed by atoms with Gasteiger partial charge in [-0.2, -0.15) is 5.26 Å². The third-order valence-corrected chi connectivity index (χ3v) is 13.9. The fourth-order valence-electron chi connectivity index (χ4n) is 6.32. The number of oxime groups is 1. The number of nitrogens with zero attached hydrogens (tertiary/aromatic N) is 4. The van der Waals surface area contributed by atoms with E-state index in [4.69, 9.17) is 9.16 Å². The Kier molecular flexibility index (Phi) is 9.51. The van der Waals surface area contributed by atoms with Crippen molar-refractivity contribution in [3.05, 3.63) is 106 Å². The molecule has 1 saturated heterocycles. The minimum absolute atomic E-state index is 0.0439. The Bertz CT molecular complexity index is 1670. The lowest BCUT2D eigenvalue weighted by Crippen LogP contribution is -2.66. The lowest BCUT2D eigenvalue weighted by atomic mass is 10.0. The molecule has 1 N–H and O–H groups in total. The number of benzene rings is 3. The van der Waals surface area contributed by atoms with Crippen molar-refractivity contribution in [2.75, 3.05) is 18.0 Å². The van der Waals surface area contributed by atoms with E-state index in [1.807, 2.05) is 56.3 Å². The second-order valence-electron chi connectivity index (χ2n) is 12.3. The quantitative estimate of drug-likeness (QED) is 0.106. The summed E-state index contributed by atoms with van der Waals surface area (Å²) in [6, 6.07) is 23.5. The highest BCUT2D eigenvalue weighted by Gasteiger charge is 2.50. The van der Waals surface area contributed by atoms with Crippen molar-refractivity contribution in [3.8, 4) is 6.07 Å². The Morgan fingerprint density at radius 1 is 1.07 bits per heavy atom. The van der Waals surface area contributed by atoms with Crippen LogP contribution < -0.4 is 15.3 Å². The van der Waals surface area contributed by atoms with Gasteiger partial charge in [-0.15, -0.1) is 11.3 Å². The first-order chi connectivity index (χ1) is 21.5. The number of thiazole rings is 1. The van der Waals surface area contributed by atoms with E-state index in [9.17, 15) is 10.5 Å². The predicted molar refractivity (Wildman–Crippen MR) is 175 cm³/mol. The van der Waals surface area contributed by atoms with Crippen LogP contribution in [0, 0.1) is 23.0 Å². The van der Waals surface area contributed by atoms with Gasteiger partial charge in [0.1, 0.15) is 11.8 Å². The molecule has 1 aliphatic heterocycles. The Hall–Kier alpha value is -3.95. The number of anilines is 1. The zero-order valence-electron chi connectivity index (χ0n) is 25.9. The molecule has 0 unspecified atom stereocenters. The van der Waals surface area contributed by atoms with E-state index >= 15 is 8.78 Å². The molecule has 1 aliphatic rings. The third kappa shape index (κ3) is 6.16. The van der Waals surface area contributed by atoms with E-state index < -0.39 is 20.0 Å². The number of hydrogen-bond acceptors (Lipinski definition) is 8. The Morgan fingerprint density at radius 2 is 1.64 bits per heavy atom. The zero-order valence-corrected chi connectivity index (χ0v) is 27.7. The maximum Gasteiger partial charge on any atom is 0.261 e. The number of hydrogen-bond donors (Lipinski definition) is 1. The first kappa shape index (κ1) is 32.4. The number of ether oxygens (including phenoxy) is 1. The summed E-state index contributed by atoms with van der Waals surface area (Å²) in [5.41, 5.74) is 1.27. The normalized spacial score (nSPS) is 17.7. The van der Waals surface area contributed by atoms with Gasteiger partial charge in [-0.1, -0.05) is 86.6 Å². The van der Waals surface area contributed by atoms with Gasteiger partial charge < -0.3 is 19.3 Å². The summed E-state index contributed by atoms with van der Waals surface area (Å²) in [5.74, 6) is -2.27. The zero-order chi connectivity index (χ0) is 32.4. The van der Waals surface area contributed by atoms with E-state index in [-0.39, 0.29) is 51.4 Å². The molecule has 5 rings (SSSR count). The molecule has 45 heavy (non-hydrogen) atoms. The highest BCUT2D eigenvalue weighted by molar-refractivity contribution is 7.12. The van der Waals surface area contributed by atoms with Gasteiger partial charge in [0.15, 0.2) is 17.3 Å². The molecule has 1 fully saturated rings. The van der Waals surface area contributed by atoms with Crippen LogP contribution in [0.1, 0.15) is 56.3 Å². The Labute approximate surface area is 267 Å². The molecule has 2 heterocycles. The van der Waals surface area contributed by atoms with E-state index in [1.54, 1.807) is 4.90 Å². The van der Waals surface area contributed by atoms with Gasteiger partial charge in [-0.25, -0.2) is 13.8 Å². The largest absolute Gasteiger partial charge is 0.410 e. The van der Waals surface area contributed by atoms with E-state index in [2.05, 4.69) is 55.2 Å². The number of halogens is 2. The minimum atomic E-state index is -3.07. The van der Waals surface area contributed by atoms with Crippen molar-refractivity contribution in [1.29, 1.82) is 5.26 Å². The van der Waals surface area contributed by atoms with Gasteiger partial charge in [0.05, 0.1) is 34.9 Å². The van der Waals surface area contributed by atoms with Gasteiger partial charge in [0.25, 0.3) is 8.32 Å². The Morgan fingerprint density at radius 3 is 2.16 bits per heavy atom. The lowest BCUT2D eigenvalue weighted by Gasteiger charge is -2.43. The second kappa shape index (κ2) is 13.2. The monoisotopic (exact) mass is 646 g/mol. The third-order valence-electron chi connectivity index (χ3n) is 8.10. The standard InChI is InChI=1S/C34H36F2N4O3SSi/c1-22-18-40(19-23(2)43-22)32-24(16-27(29(35)30(32)36)31(39-41)33-28(17-37)38-21-44-33)20-42-45(34(3,4)5,25-12-8-6-9-13-25)26-14-10-7-11-15-26/h6-16,21-23,41H,18-20H2,1-5H3/b39-31-/t22-,23+. The molecule has 0 spiro atoms. The van der Waals surface area contributed by atoms with Crippen molar-refractivity contribution in [1.82, 2.24) is 4.98 Å². The molecule has 0 bridgehead atoms. The van der Waals surface area contributed by atoms with Crippen molar-refractivity contribution in [2.45, 2.75) is 58.5 Å². The molecule has 0 saturated carbocycles. The fourth-order valence-corrected chi connectivity index (χ4v) is 11.6. The average Bonchev–Trinajstić information content (AvgIpc) is 3.48. The van der Waals surface area contributed by atoms with Crippen molar-refractivity contribution in [3.63, 3.8) is 0 Å². The molecule has 0 radical (unpaired) electrons. The SMILES string of the molecule is C[C@@H]1CN(c2c(CO[Si](c3ccccc3)(c3ccccc3)C(C)(C)C)cc(/C(=N/O)c3scnc3C#N)c(F)c2F)C[C@H](C)O1. The number of morpholine rings is 1. The van der Waals surface area contributed by atoms with E-state index in [0.717, 1.165) is 21.7 Å². The maximum absolute atomic E-state index is 16.5. The molecular weight excluding hydrogens is 611 g/mol. The number of aromatic nitrogens is 1. The van der Waals surface area contributed by atoms with E-state index in [1.165, 1.54) is 11.6 Å². The molecule has 4 aromatic rings. The van der Waals surface area contributed by atoms with Crippen LogP contribution in [-0.2, 0) is 15.8 Å². The second-order valence-corrected chi connectivity index (χ2v) is 17.4. The first-order valence-corrected chi connectivity index (χ1v) is 17.5. The van der Waals surface area contributed by atoms with Crippen LogP contribution in [0.15, 0.2) is 77.4 Å². The van der Waals surface area contributed by atoms with Crippen LogP contribution in [-0.4, -0.2) is 49.5 Å². The van der Waals surface area contributed by atoms with Crippen LogP contribution in [0.4, 0.5) is 14.5 Å². The minimum Gasteiger partial charge on any atom is -0.410 e. The lowest BCUT2D eigenvalue weighted by molar-refractivity contribution is -0.00553. The molecule has 2 atom stereocenters. The summed E-state index contributed by atoms with van der Waals surface area (Å²) in [5, 5.41) is 24.7. The summed E-state index contributed by atoms with van der Waals surface area (Å²) in [6.07, 6.45) is -0.433. The smallest absolute Gasteiger partial charge is 0.261 e. The summed E-state index contributed by atoms with van der Waals surface area (Å²) < 4.78 is 45.6. The van der Waals surface area contributed by atoms with Crippen LogP contribution in [0.2, 0.25) is 5.04 Å². The first-order valence-electron chi connectivity index (χ1n) is 14.7. The Balaban J connectivity index is 1.72. The maximum atomic E-state index is 16.5. The molecule has 234 valence electrons. The molecule has 3 aromatic carbocycles.